The van der Waals surface area contributed by atoms with E-state index in [1.807, 2.05) is 6.07 Å². The number of nitrogens with one attached hydrogen (secondary N) is 1. The number of halogens is 1. The van der Waals surface area contributed by atoms with Gasteiger partial charge >= 0.3 is 5.97 Å². The molecule has 1 aromatic carbocycles. The first kappa shape index (κ1) is 15.5. The second kappa shape index (κ2) is 6.72. The van der Waals surface area contributed by atoms with Crippen molar-refractivity contribution in [3.63, 3.8) is 0 Å². The Kier molecular flexibility index (Phi) is 4.97. The third-order valence-electron chi connectivity index (χ3n) is 3.78. The van der Waals surface area contributed by atoms with Crippen molar-refractivity contribution in [3.8, 4) is 6.07 Å². The van der Waals surface area contributed by atoms with Crippen LogP contribution in [0.4, 0.5) is 5.69 Å². The summed E-state index contributed by atoms with van der Waals surface area (Å²) in [6.07, 6.45) is 2.86. The van der Waals surface area contributed by atoms with Gasteiger partial charge in [0.05, 0.1) is 29.2 Å². The van der Waals surface area contributed by atoms with Crippen molar-refractivity contribution in [2.75, 3.05) is 5.32 Å². The van der Waals surface area contributed by atoms with Crippen LogP contribution >= 0.6 is 15.9 Å². The van der Waals surface area contributed by atoms with Crippen molar-refractivity contribution in [1.82, 2.24) is 0 Å². The average Bonchev–Trinajstić information content (AvgIpc) is 2.49. The first-order chi connectivity index (χ1) is 10.0. The summed E-state index contributed by atoms with van der Waals surface area (Å²) in [5.74, 6) is -2.30. The van der Waals surface area contributed by atoms with Crippen LogP contribution in [0.25, 0.3) is 0 Å². The smallest absolute Gasteiger partial charge is 0.307 e. The first-order valence-electron chi connectivity index (χ1n) is 6.76. The highest BCUT2D eigenvalue weighted by Crippen LogP contribution is 2.32. The Hall–Kier alpha value is -1.87. The predicted molar refractivity (Wildman–Crippen MR) is 80.6 cm³/mol. The fraction of sp³-hybridized carbons (Fsp3) is 0.400. The fourth-order valence-corrected chi connectivity index (χ4v) is 3.13. The number of hydrogen-bond acceptors (Lipinski definition) is 3. The molecule has 110 valence electrons. The Morgan fingerprint density at radius 2 is 1.95 bits per heavy atom. The van der Waals surface area contributed by atoms with Crippen LogP contribution in [-0.2, 0) is 9.59 Å². The number of carbonyl (C=O) groups excluding carboxylic acids is 1. The van der Waals surface area contributed by atoms with Crippen molar-refractivity contribution >= 4 is 33.5 Å². The van der Waals surface area contributed by atoms with Crippen molar-refractivity contribution < 1.29 is 14.7 Å². The van der Waals surface area contributed by atoms with Gasteiger partial charge in [0, 0.05) is 4.47 Å². The van der Waals surface area contributed by atoms with E-state index in [1.165, 1.54) is 0 Å². The van der Waals surface area contributed by atoms with Gasteiger partial charge < -0.3 is 10.4 Å². The molecular formula is C15H15BrN2O3. The maximum Gasteiger partial charge on any atom is 0.307 e. The molecule has 0 aliphatic heterocycles. The zero-order valence-corrected chi connectivity index (χ0v) is 12.9. The molecular weight excluding hydrogens is 336 g/mol. The topological polar surface area (TPSA) is 90.2 Å². The SMILES string of the molecule is N#Cc1ccc(NC(=O)[C@@H]2CCCC[C@@H]2C(=O)O)c(Br)c1. The second-order valence-corrected chi connectivity index (χ2v) is 5.99. The highest BCUT2D eigenvalue weighted by molar-refractivity contribution is 9.10. The largest absolute Gasteiger partial charge is 0.481 e. The number of benzene rings is 1. The number of carboxylic acids is 1. The van der Waals surface area contributed by atoms with Crippen molar-refractivity contribution in [2.24, 2.45) is 11.8 Å². The van der Waals surface area contributed by atoms with Crippen LogP contribution in [0, 0.1) is 23.2 Å². The summed E-state index contributed by atoms with van der Waals surface area (Å²) >= 11 is 3.30. The molecule has 2 N–H and O–H groups in total. The molecule has 0 spiro atoms. The van der Waals surface area contributed by atoms with Crippen LogP contribution in [0.15, 0.2) is 22.7 Å². The number of rotatable bonds is 3. The minimum absolute atomic E-state index is 0.271. The lowest BCUT2D eigenvalue weighted by atomic mass is 9.78. The molecule has 1 aromatic rings. The molecule has 0 heterocycles. The Labute approximate surface area is 131 Å². The molecule has 21 heavy (non-hydrogen) atoms. The molecule has 0 radical (unpaired) electrons. The third-order valence-corrected chi connectivity index (χ3v) is 4.43. The molecule has 1 amide bonds. The minimum atomic E-state index is -0.909. The van der Waals surface area contributed by atoms with Gasteiger partial charge in [0.2, 0.25) is 5.91 Å². The van der Waals surface area contributed by atoms with Crippen LogP contribution in [0.5, 0.6) is 0 Å². The number of hydrogen-bond donors (Lipinski definition) is 2. The monoisotopic (exact) mass is 350 g/mol. The molecule has 0 bridgehead atoms. The molecule has 1 fully saturated rings. The molecule has 6 heteroatoms. The summed E-state index contributed by atoms with van der Waals surface area (Å²) in [6.45, 7) is 0. The maximum atomic E-state index is 12.3. The van der Waals surface area contributed by atoms with Crippen LogP contribution in [0.3, 0.4) is 0 Å². The van der Waals surface area contributed by atoms with Crippen molar-refractivity contribution in [3.05, 3.63) is 28.2 Å². The lowest BCUT2D eigenvalue weighted by molar-refractivity contribution is -0.147. The van der Waals surface area contributed by atoms with Crippen molar-refractivity contribution in [1.29, 1.82) is 5.26 Å². The maximum absolute atomic E-state index is 12.3. The van der Waals surface area contributed by atoms with Crippen LogP contribution in [0.1, 0.15) is 31.2 Å². The Bertz CT molecular complexity index is 609. The summed E-state index contributed by atoms with van der Waals surface area (Å²) in [7, 11) is 0. The Balaban J connectivity index is 2.13. The van der Waals surface area contributed by atoms with Gasteiger partial charge in [-0.15, -0.1) is 0 Å². The Morgan fingerprint density at radius 3 is 2.52 bits per heavy atom. The number of nitrogens with zero attached hydrogens (tertiary/aromatic N) is 1. The van der Waals surface area contributed by atoms with E-state index in [0.29, 0.717) is 28.6 Å². The van der Waals surface area contributed by atoms with Gasteiger partial charge in [-0.2, -0.15) is 5.26 Å². The van der Waals surface area contributed by atoms with E-state index < -0.39 is 17.8 Å². The van der Waals surface area contributed by atoms with Gasteiger partial charge in [-0.25, -0.2) is 0 Å². The molecule has 1 aliphatic carbocycles. The number of nitriles is 1. The molecule has 5 nitrogen and oxygen atoms in total. The highest BCUT2D eigenvalue weighted by Gasteiger charge is 2.35. The molecule has 1 aliphatic rings. The normalized spacial score (nSPS) is 21.3. The molecule has 0 saturated heterocycles. The average molecular weight is 351 g/mol. The van der Waals surface area contributed by atoms with Crippen LogP contribution < -0.4 is 5.32 Å². The van der Waals surface area contributed by atoms with E-state index in [-0.39, 0.29) is 5.91 Å². The standard InChI is InChI=1S/C15H15BrN2O3/c16-12-7-9(8-17)5-6-13(12)18-14(19)10-3-1-2-4-11(10)15(20)21/h5-7,10-11H,1-4H2,(H,18,19)(H,20,21)/t10-,11+/m1/s1. The summed E-state index contributed by atoms with van der Waals surface area (Å²) in [5, 5.41) is 20.8. The van der Waals surface area contributed by atoms with Gasteiger partial charge in [0.25, 0.3) is 0 Å². The molecule has 0 unspecified atom stereocenters. The lowest BCUT2D eigenvalue weighted by Crippen LogP contribution is -2.36. The molecule has 2 rings (SSSR count). The van der Waals surface area contributed by atoms with Gasteiger partial charge in [-0.05, 0) is 47.0 Å². The van der Waals surface area contributed by atoms with E-state index in [2.05, 4.69) is 21.2 Å². The van der Waals surface area contributed by atoms with E-state index in [4.69, 9.17) is 5.26 Å². The molecule has 1 saturated carbocycles. The number of carbonyl (C=O) groups is 2. The highest BCUT2D eigenvalue weighted by atomic mass is 79.9. The number of carboxylic acid groups (broad SMARTS) is 1. The van der Waals surface area contributed by atoms with E-state index in [0.717, 1.165) is 12.8 Å². The van der Waals surface area contributed by atoms with Gasteiger partial charge in [-0.3, -0.25) is 9.59 Å². The van der Waals surface area contributed by atoms with E-state index in [1.54, 1.807) is 18.2 Å². The van der Waals surface area contributed by atoms with Gasteiger partial charge in [0.15, 0.2) is 0 Å². The summed E-state index contributed by atoms with van der Waals surface area (Å²) in [4.78, 5) is 23.6. The summed E-state index contributed by atoms with van der Waals surface area (Å²) in [6, 6.07) is 6.87. The second-order valence-electron chi connectivity index (χ2n) is 5.13. The number of anilines is 1. The minimum Gasteiger partial charge on any atom is -0.481 e. The van der Waals surface area contributed by atoms with Crippen LogP contribution in [0.2, 0.25) is 0 Å². The molecule has 2 atom stereocenters. The summed E-state index contributed by atoms with van der Waals surface area (Å²) in [5.41, 5.74) is 1.04. The zero-order valence-electron chi connectivity index (χ0n) is 11.3. The molecule has 0 aromatic heterocycles. The van der Waals surface area contributed by atoms with E-state index >= 15 is 0 Å². The lowest BCUT2D eigenvalue weighted by Gasteiger charge is -2.27. The fourth-order valence-electron chi connectivity index (χ4n) is 2.65. The first-order valence-corrected chi connectivity index (χ1v) is 7.55. The zero-order chi connectivity index (χ0) is 15.4. The number of aliphatic carboxylic acids is 1. The number of amides is 1. The van der Waals surface area contributed by atoms with E-state index in [9.17, 15) is 14.7 Å². The predicted octanol–water partition coefficient (Wildman–Crippen LogP) is 3.15. The quantitative estimate of drug-likeness (QED) is 0.875. The van der Waals surface area contributed by atoms with Crippen LogP contribution in [-0.4, -0.2) is 17.0 Å². The summed E-state index contributed by atoms with van der Waals surface area (Å²) < 4.78 is 0.609. The van der Waals surface area contributed by atoms with Gasteiger partial charge in [0.1, 0.15) is 0 Å². The Morgan fingerprint density at radius 1 is 1.29 bits per heavy atom. The van der Waals surface area contributed by atoms with Gasteiger partial charge in [-0.1, -0.05) is 12.8 Å². The van der Waals surface area contributed by atoms with Crippen molar-refractivity contribution in [2.45, 2.75) is 25.7 Å². The third kappa shape index (κ3) is 3.61.